The first kappa shape index (κ1) is 10.1. The van der Waals surface area contributed by atoms with Crippen LogP contribution < -0.4 is 0 Å². The van der Waals surface area contributed by atoms with Gasteiger partial charge in [0, 0.05) is 19.4 Å². The normalized spacial score (nSPS) is 18.1. The second-order valence-corrected chi connectivity index (χ2v) is 3.07. The van der Waals surface area contributed by atoms with E-state index in [-0.39, 0.29) is 25.3 Å². The van der Waals surface area contributed by atoms with E-state index in [1.807, 2.05) is 0 Å². The highest BCUT2D eigenvalue weighted by atomic mass is 19.3. The molecule has 1 fully saturated rings. The topological polar surface area (TPSA) is 37.4 Å². The molecule has 0 aromatic carbocycles. The van der Waals surface area contributed by atoms with E-state index in [2.05, 4.69) is 0 Å². The molecule has 0 spiro atoms. The molecule has 0 radical (unpaired) electrons. The van der Waals surface area contributed by atoms with E-state index in [9.17, 15) is 18.4 Å². The molecular formula is C8H11F2NO2. The van der Waals surface area contributed by atoms with Crippen LogP contribution in [-0.2, 0) is 9.59 Å². The number of amides is 1. The molecule has 0 aromatic heterocycles. The number of alkyl halides is 2. The Morgan fingerprint density at radius 3 is 2.62 bits per heavy atom. The zero-order chi connectivity index (χ0) is 10.1. The van der Waals surface area contributed by atoms with Crippen molar-refractivity contribution in [3.63, 3.8) is 0 Å². The molecule has 1 heterocycles. The Morgan fingerprint density at radius 1 is 1.62 bits per heavy atom. The zero-order valence-corrected chi connectivity index (χ0v) is 7.35. The van der Waals surface area contributed by atoms with Gasteiger partial charge in [-0.2, -0.15) is 8.78 Å². The molecule has 0 atom stereocenters. The summed E-state index contributed by atoms with van der Waals surface area (Å²) < 4.78 is 25.6. The van der Waals surface area contributed by atoms with Crippen LogP contribution in [0, 0.1) is 0 Å². The molecule has 3 nitrogen and oxygen atoms in total. The van der Waals surface area contributed by atoms with Crippen LogP contribution in [0.15, 0.2) is 0 Å². The number of nitrogens with zero attached hydrogens (tertiary/aromatic N) is 1. The van der Waals surface area contributed by atoms with E-state index in [1.165, 1.54) is 6.92 Å². The lowest BCUT2D eigenvalue weighted by Gasteiger charge is -2.20. The fourth-order valence-corrected chi connectivity index (χ4v) is 1.19. The molecular weight excluding hydrogens is 180 g/mol. The van der Waals surface area contributed by atoms with Gasteiger partial charge in [0.25, 0.3) is 5.91 Å². The van der Waals surface area contributed by atoms with Crippen molar-refractivity contribution < 1.29 is 18.4 Å². The molecule has 13 heavy (non-hydrogen) atoms. The first-order valence-electron chi connectivity index (χ1n) is 4.16. The Hall–Kier alpha value is -1.00. The third-order valence-electron chi connectivity index (χ3n) is 2.07. The highest BCUT2D eigenvalue weighted by molar-refractivity contribution is 5.92. The number of ketones is 1. The third kappa shape index (κ3) is 2.02. The SMILES string of the molecule is CCC(F)(F)C(=O)N1CCC(=O)C1. The quantitative estimate of drug-likeness (QED) is 0.648. The van der Waals surface area contributed by atoms with E-state index in [0.717, 1.165) is 4.90 Å². The lowest BCUT2D eigenvalue weighted by molar-refractivity contribution is -0.157. The maximum Gasteiger partial charge on any atom is 0.324 e. The van der Waals surface area contributed by atoms with Gasteiger partial charge in [0.1, 0.15) is 0 Å². The van der Waals surface area contributed by atoms with Gasteiger partial charge < -0.3 is 4.90 Å². The van der Waals surface area contributed by atoms with Gasteiger partial charge in [-0.25, -0.2) is 0 Å². The van der Waals surface area contributed by atoms with E-state index >= 15 is 0 Å². The highest BCUT2D eigenvalue weighted by Crippen LogP contribution is 2.22. The predicted molar refractivity (Wildman–Crippen MR) is 41.4 cm³/mol. The standard InChI is InChI=1S/C8H11F2NO2/c1-2-8(9,10)7(13)11-4-3-6(12)5-11/h2-5H2,1H3. The summed E-state index contributed by atoms with van der Waals surface area (Å²) >= 11 is 0. The number of halogens is 2. The zero-order valence-electron chi connectivity index (χ0n) is 7.35. The summed E-state index contributed by atoms with van der Waals surface area (Å²) in [5, 5.41) is 0. The Bertz CT molecular complexity index is 240. The molecule has 0 aliphatic carbocycles. The smallest absolute Gasteiger partial charge is 0.324 e. The maximum absolute atomic E-state index is 12.8. The van der Waals surface area contributed by atoms with Crippen LogP contribution in [0.1, 0.15) is 19.8 Å². The third-order valence-corrected chi connectivity index (χ3v) is 2.07. The number of likely N-dealkylation sites (tertiary alicyclic amines) is 1. The number of hydrogen-bond donors (Lipinski definition) is 0. The van der Waals surface area contributed by atoms with Crippen LogP contribution in [-0.4, -0.2) is 35.6 Å². The van der Waals surface area contributed by atoms with Crippen molar-refractivity contribution in [2.24, 2.45) is 0 Å². The Kier molecular flexibility index (Phi) is 2.63. The van der Waals surface area contributed by atoms with Crippen molar-refractivity contribution in [2.75, 3.05) is 13.1 Å². The molecule has 0 bridgehead atoms. The van der Waals surface area contributed by atoms with Gasteiger partial charge in [-0.15, -0.1) is 0 Å². The molecule has 1 aliphatic rings. The van der Waals surface area contributed by atoms with Crippen LogP contribution in [0.4, 0.5) is 8.78 Å². The largest absolute Gasteiger partial charge is 0.330 e. The molecule has 74 valence electrons. The maximum atomic E-state index is 12.8. The number of Topliss-reactive ketones (excluding diaryl/α,β-unsaturated/α-hetero) is 1. The summed E-state index contributed by atoms with van der Waals surface area (Å²) in [4.78, 5) is 22.7. The Morgan fingerprint density at radius 2 is 2.23 bits per heavy atom. The summed E-state index contributed by atoms with van der Waals surface area (Å²) in [5.74, 6) is -4.69. The second-order valence-electron chi connectivity index (χ2n) is 3.07. The van der Waals surface area contributed by atoms with Gasteiger partial charge in [0.05, 0.1) is 6.54 Å². The van der Waals surface area contributed by atoms with E-state index in [1.54, 1.807) is 0 Å². The van der Waals surface area contributed by atoms with Crippen LogP contribution in [0.5, 0.6) is 0 Å². The van der Waals surface area contributed by atoms with Crippen molar-refractivity contribution in [1.82, 2.24) is 4.90 Å². The average molecular weight is 191 g/mol. The minimum absolute atomic E-state index is 0.132. The predicted octanol–water partition coefficient (Wildman–Crippen LogP) is 0.833. The van der Waals surface area contributed by atoms with Crippen molar-refractivity contribution in [3.8, 4) is 0 Å². The number of carbonyl (C=O) groups excluding carboxylic acids is 2. The molecule has 5 heteroatoms. The van der Waals surface area contributed by atoms with Crippen LogP contribution in [0.3, 0.4) is 0 Å². The molecule has 0 aromatic rings. The van der Waals surface area contributed by atoms with Crippen LogP contribution in [0.25, 0.3) is 0 Å². The molecule has 0 N–H and O–H groups in total. The van der Waals surface area contributed by atoms with E-state index in [0.29, 0.717) is 0 Å². The minimum atomic E-state index is -3.31. The monoisotopic (exact) mass is 191 g/mol. The molecule has 0 saturated carbocycles. The van der Waals surface area contributed by atoms with E-state index in [4.69, 9.17) is 0 Å². The van der Waals surface area contributed by atoms with Gasteiger partial charge in [-0.05, 0) is 0 Å². The second kappa shape index (κ2) is 3.40. The molecule has 1 amide bonds. The Balaban J connectivity index is 2.63. The number of carbonyl (C=O) groups is 2. The van der Waals surface area contributed by atoms with E-state index < -0.39 is 18.3 Å². The van der Waals surface area contributed by atoms with Crippen LogP contribution in [0.2, 0.25) is 0 Å². The van der Waals surface area contributed by atoms with Gasteiger partial charge in [-0.1, -0.05) is 6.92 Å². The van der Waals surface area contributed by atoms with Gasteiger partial charge >= 0.3 is 5.92 Å². The van der Waals surface area contributed by atoms with Crippen molar-refractivity contribution in [2.45, 2.75) is 25.7 Å². The number of rotatable bonds is 2. The van der Waals surface area contributed by atoms with Gasteiger partial charge in [0.15, 0.2) is 5.78 Å². The molecule has 0 unspecified atom stereocenters. The fourth-order valence-electron chi connectivity index (χ4n) is 1.19. The first-order valence-corrected chi connectivity index (χ1v) is 4.16. The van der Waals surface area contributed by atoms with Crippen molar-refractivity contribution >= 4 is 11.7 Å². The van der Waals surface area contributed by atoms with Crippen molar-refractivity contribution in [1.29, 1.82) is 0 Å². The van der Waals surface area contributed by atoms with Gasteiger partial charge in [-0.3, -0.25) is 9.59 Å². The van der Waals surface area contributed by atoms with Crippen molar-refractivity contribution in [3.05, 3.63) is 0 Å². The summed E-state index contributed by atoms with van der Waals surface area (Å²) in [6.45, 7) is 1.22. The lowest BCUT2D eigenvalue weighted by Crippen LogP contribution is -2.42. The minimum Gasteiger partial charge on any atom is -0.330 e. The lowest BCUT2D eigenvalue weighted by atomic mass is 10.2. The number of hydrogen-bond acceptors (Lipinski definition) is 2. The summed E-state index contributed by atoms with van der Waals surface area (Å²) in [6, 6.07) is 0. The van der Waals surface area contributed by atoms with Crippen LogP contribution >= 0.6 is 0 Å². The molecule has 1 rings (SSSR count). The average Bonchev–Trinajstić information content (AvgIpc) is 2.50. The summed E-state index contributed by atoms with van der Waals surface area (Å²) in [7, 11) is 0. The molecule has 1 saturated heterocycles. The summed E-state index contributed by atoms with van der Waals surface area (Å²) in [5.41, 5.74) is 0. The van der Waals surface area contributed by atoms with Gasteiger partial charge in [0.2, 0.25) is 0 Å². The first-order chi connectivity index (χ1) is 5.97. The summed E-state index contributed by atoms with van der Waals surface area (Å²) in [6.07, 6.45) is -0.317. The fraction of sp³-hybridized carbons (Fsp3) is 0.750. The molecule has 1 aliphatic heterocycles. The highest BCUT2D eigenvalue weighted by Gasteiger charge is 2.41. The Labute approximate surface area is 74.7 Å².